The lowest BCUT2D eigenvalue weighted by Crippen LogP contribution is -2.50. The number of rotatable bonds is 1. The van der Waals surface area contributed by atoms with Gasteiger partial charge in [0.25, 0.3) is 0 Å². The van der Waals surface area contributed by atoms with E-state index in [-0.39, 0.29) is 11.9 Å². The maximum Gasteiger partial charge on any atom is 0.410 e. The number of hydrogen-bond acceptors (Lipinski definition) is 6. The van der Waals surface area contributed by atoms with Gasteiger partial charge in [-0.2, -0.15) is 0 Å². The normalized spacial score (nSPS) is 18.8. The second-order valence-electron chi connectivity index (χ2n) is 7.00. The van der Waals surface area contributed by atoms with Crippen molar-refractivity contribution in [2.75, 3.05) is 31.1 Å². The first-order chi connectivity index (χ1) is 10.8. The summed E-state index contributed by atoms with van der Waals surface area (Å²) in [6, 6.07) is 0. The summed E-state index contributed by atoms with van der Waals surface area (Å²) in [5.41, 5.74) is 0.485. The van der Waals surface area contributed by atoms with E-state index in [4.69, 9.17) is 4.74 Å². The molecule has 0 saturated carbocycles. The molecule has 7 heteroatoms. The fourth-order valence-corrected chi connectivity index (χ4v) is 3.93. The van der Waals surface area contributed by atoms with E-state index in [9.17, 15) is 9.59 Å². The fraction of sp³-hybridized carbons (Fsp3) is 0.688. The highest BCUT2D eigenvalue weighted by Gasteiger charge is 2.29. The van der Waals surface area contributed by atoms with Gasteiger partial charge in [-0.3, -0.25) is 4.79 Å². The second kappa shape index (κ2) is 6.11. The summed E-state index contributed by atoms with van der Waals surface area (Å²) < 4.78 is 5.41. The van der Waals surface area contributed by atoms with Gasteiger partial charge in [0, 0.05) is 32.6 Å². The Hall–Kier alpha value is -1.63. The highest BCUT2D eigenvalue weighted by molar-refractivity contribution is 7.17. The van der Waals surface area contributed by atoms with Crippen LogP contribution in [-0.2, 0) is 11.2 Å². The zero-order valence-corrected chi connectivity index (χ0v) is 14.7. The number of thiazole rings is 1. The van der Waals surface area contributed by atoms with Gasteiger partial charge in [0.05, 0.1) is 10.6 Å². The number of nitrogens with zero attached hydrogens (tertiary/aromatic N) is 3. The molecule has 0 unspecified atom stereocenters. The van der Waals surface area contributed by atoms with Gasteiger partial charge >= 0.3 is 6.09 Å². The zero-order valence-electron chi connectivity index (χ0n) is 13.9. The van der Waals surface area contributed by atoms with E-state index < -0.39 is 5.60 Å². The predicted octanol–water partition coefficient (Wildman–Crippen LogP) is 2.72. The minimum absolute atomic E-state index is 0.224. The third-order valence-electron chi connectivity index (χ3n) is 3.96. The Morgan fingerprint density at radius 2 is 1.87 bits per heavy atom. The number of carbonyl (C=O) groups is 2. The molecule has 1 saturated heterocycles. The Kier molecular flexibility index (Phi) is 4.31. The third-order valence-corrected chi connectivity index (χ3v) is 5.16. The van der Waals surface area contributed by atoms with Crippen LogP contribution in [0.2, 0.25) is 0 Å². The second-order valence-corrected chi connectivity index (χ2v) is 7.98. The number of Topliss-reactive ketones (excluding diaryl/α,β-unsaturated/α-hetero) is 1. The summed E-state index contributed by atoms with van der Waals surface area (Å²) in [7, 11) is 0. The first kappa shape index (κ1) is 16.2. The summed E-state index contributed by atoms with van der Waals surface area (Å²) in [4.78, 5) is 33.4. The molecule has 1 amide bonds. The number of hydrogen-bond donors (Lipinski definition) is 0. The number of aromatic nitrogens is 1. The van der Waals surface area contributed by atoms with Gasteiger partial charge in [-0.25, -0.2) is 9.78 Å². The molecule has 0 N–H and O–H groups in total. The predicted molar refractivity (Wildman–Crippen MR) is 89.4 cm³/mol. The molecule has 1 aromatic rings. The summed E-state index contributed by atoms with van der Waals surface area (Å²) in [6.07, 6.45) is 2.18. The lowest BCUT2D eigenvalue weighted by Gasteiger charge is -2.35. The minimum Gasteiger partial charge on any atom is -0.444 e. The molecule has 2 aliphatic rings. The summed E-state index contributed by atoms with van der Waals surface area (Å²) in [5, 5.41) is 0.911. The Balaban J connectivity index is 1.61. The van der Waals surface area contributed by atoms with Crippen LogP contribution in [0.15, 0.2) is 0 Å². The van der Waals surface area contributed by atoms with E-state index in [1.165, 1.54) is 11.3 Å². The molecule has 2 heterocycles. The maximum absolute atomic E-state index is 12.1. The first-order valence-corrected chi connectivity index (χ1v) is 8.91. The van der Waals surface area contributed by atoms with E-state index in [1.807, 2.05) is 20.8 Å². The molecule has 0 atom stereocenters. The molecule has 0 aromatic carbocycles. The quantitative estimate of drug-likeness (QED) is 0.788. The van der Waals surface area contributed by atoms with Crippen LogP contribution in [0.25, 0.3) is 0 Å². The Labute approximate surface area is 140 Å². The van der Waals surface area contributed by atoms with Crippen LogP contribution in [0.4, 0.5) is 9.93 Å². The average molecular weight is 337 g/mol. The van der Waals surface area contributed by atoms with E-state index in [2.05, 4.69) is 9.88 Å². The molecule has 1 aromatic heterocycles. The van der Waals surface area contributed by atoms with Crippen molar-refractivity contribution in [2.45, 2.75) is 45.6 Å². The van der Waals surface area contributed by atoms with Crippen molar-refractivity contribution in [1.82, 2.24) is 9.88 Å². The number of amides is 1. The van der Waals surface area contributed by atoms with Gasteiger partial charge in [0.15, 0.2) is 10.9 Å². The molecule has 1 fully saturated rings. The number of anilines is 1. The summed E-state index contributed by atoms with van der Waals surface area (Å²) >= 11 is 1.50. The van der Waals surface area contributed by atoms with Crippen molar-refractivity contribution in [2.24, 2.45) is 0 Å². The number of ketones is 1. The number of piperazine rings is 1. The molecule has 126 valence electrons. The van der Waals surface area contributed by atoms with E-state index in [1.54, 1.807) is 4.90 Å². The molecule has 0 radical (unpaired) electrons. The van der Waals surface area contributed by atoms with Crippen LogP contribution < -0.4 is 4.90 Å². The minimum atomic E-state index is -0.469. The van der Waals surface area contributed by atoms with Gasteiger partial charge in [-0.05, 0) is 33.6 Å². The maximum atomic E-state index is 12.1. The van der Waals surface area contributed by atoms with Crippen LogP contribution in [0, 0.1) is 0 Å². The average Bonchev–Trinajstić information content (AvgIpc) is 2.91. The number of aryl methyl sites for hydroxylation is 1. The van der Waals surface area contributed by atoms with Crippen molar-refractivity contribution in [1.29, 1.82) is 0 Å². The van der Waals surface area contributed by atoms with Crippen LogP contribution in [0.1, 0.15) is 49.0 Å². The first-order valence-electron chi connectivity index (χ1n) is 8.09. The molecule has 3 rings (SSSR count). The molecule has 1 aliphatic heterocycles. The molecule has 1 aliphatic carbocycles. The van der Waals surface area contributed by atoms with Crippen LogP contribution >= 0.6 is 11.3 Å². The van der Waals surface area contributed by atoms with Crippen molar-refractivity contribution in [3.05, 3.63) is 10.6 Å². The topological polar surface area (TPSA) is 62.7 Å². The van der Waals surface area contributed by atoms with Crippen LogP contribution in [0.3, 0.4) is 0 Å². The zero-order chi connectivity index (χ0) is 16.6. The molecule has 0 spiro atoms. The van der Waals surface area contributed by atoms with Crippen LogP contribution in [0.5, 0.6) is 0 Å². The van der Waals surface area contributed by atoms with Gasteiger partial charge in [-0.1, -0.05) is 11.3 Å². The standard InChI is InChI=1S/C16H23N3O3S/c1-16(2,3)22-15(21)19-9-7-18(8-10-19)14-17-11-5-4-6-12(20)13(11)23-14/h4-10H2,1-3H3. The highest BCUT2D eigenvalue weighted by Crippen LogP contribution is 2.32. The van der Waals surface area contributed by atoms with E-state index in [0.717, 1.165) is 41.6 Å². The molecular formula is C16H23N3O3S. The molecule has 6 nitrogen and oxygen atoms in total. The van der Waals surface area contributed by atoms with Crippen LogP contribution in [-0.4, -0.2) is 53.5 Å². The number of fused-ring (bicyclic) bond motifs is 1. The number of ether oxygens (including phenoxy) is 1. The SMILES string of the molecule is CC(C)(C)OC(=O)N1CCN(c2nc3c(s2)C(=O)CCC3)CC1. The van der Waals surface area contributed by atoms with Crippen molar-refractivity contribution in [3.8, 4) is 0 Å². The largest absolute Gasteiger partial charge is 0.444 e. The molecule has 0 bridgehead atoms. The lowest BCUT2D eigenvalue weighted by molar-refractivity contribution is 0.0240. The fourth-order valence-electron chi connectivity index (χ4n) is 2.80. The van der Waals surface area contributed by atoms with Crippen molar-refractivity contribution in [3.63, 3.8) is 0 Å². The smallest absolute Gasteiger partial charge is 0.410 e. The summed E-state index contributed by atoms with van der Waals surface area (Å²) in [6.45, 7) is 8.30. The summed E-state index contributed by atoms with van der Waals surface area (Å²) in [5.74, 6) is 0.224. The van der Waals surface area contributed by atoms with Gasteiger partial charge < -0.3 is 14.5 Å². The van der Waals surface area contributed by atoms with Gasteiger partial charge in [0.1, 0.15) is 5.60 Å². The Bertz CT molecular complexity index is 613. The monoisotopic (exact) mass is 337 g/mol. The molecule has 23 heavy (non-hydrogen) atoms. The third kappa shape index (κ3) is 3.65. The lowest BCUT2D eigenvalue weighted by atomic mass is 10.0. The van der Waals surface area contributed by atoms with E-state index >= 15 is 0 Å². The van der Waals surface area contributed by atoms with Gasteiger partial charge in [0.2, 0.25) is 0 Å². The van der Waals surface area contributed by atoms with Crippen molar-refractivity contribution >= 4 is 28.3 Å². The highest BCUT2D eigenvalue weighted by atomic mass is 32.1. The Morgan fingerprint density at radius 1 is 1.17 bits per heavy atom. The van der Waals surface area contributed by atoms with Gasteiger partial charge in [-0.15, -0.1) is 0 Å². The molecular weight excluding hydrogens is 314 g/mol. The van der Waals surface area contributed by atoms with E-state index in [0.29, 0.717) is 19.5 Å². The van der Waals surface area contributed by atoms with Crippen molar-refractivity contribution < 1.29 is 14.3 Å². The Morgan fingerprint density at radius 3 is 2.48 bits per heavy atom. The number of carbonyl (C=O) groups excluding carboxylic acids is 2.